The third-order valence-electron chi connectivity index (χ3n) is 1.17. The van der Waals surface area contributed by atoms with Crippen LogP contribution in [0.3, 0.4) is 0 Å². The average molecular weight is 145 g/mol. The summed E-state index contributed by atoms with van der Waals surface area (Å²) in [7, 11) is 0. The van der Waals surface area contributed by atoms with Gasteiger partial charge in [0.25, 0.3) is 5.91 Å². The Hall–Kier alpha value is -1.82. The number of rotatable bonds is 1. The summed E-state index contributed by atoms with van der Waals surface area (Å²) in [5.74, 6) is -0.493. The highest BCUT2D eigenvalue weighted by atomic mass is 16.1. The zero-order chi connectivity index (χ0) is 8.10. The van der Waals surface area contributed by atoms with Crippen LogP contribution in [0, 0.1) is 11.5 Å². The standard InChI is InChI=1S/C8H5N2O/c9-6-10-8(11)7-4-2-1-3-5-7/h1-5H. The lowest BCUT2D eigenvalue weighted by atomic mass is 10.2. The molecule has 0 aromatic heterocycles. The van der Waals surface area contributed by atoms with E-state index in [9.17, 15) is 4.79 Å². The molecule has 1 aromatic carbocycles. The second-order valence-electron chi connectivity index (χ2n) is 1.88. The van der Waals surface area contributed by atoms with E-state index in [1.807, 2.05) is 0 Å². The van der Waals surface area contributed by atoms with E-state index in [2.05, 4.69) is 5.32 Å². The summed E-state index contributed by atoms with van der Waals surface area (Å²) in [4.78, 5) is 10.9. The zero-order valence-electron chi connectivity index (χ0n) is 5.69. The maximum atomic E-state index is 10.9. The summed E-state index contributed by atoms with van der Waals surface area (Å²) in [6.07, 6.45) is 1.44. The highest BCUT2D eigenvalue weighted by molar-refractivity contribution is 5.94. The van der Waals surface area contributed by atoms with Crippen molar-refractivity contribution in [1.82, 2.24) is 5.32 Å². The Balaban J connectivity index is 2.79. The predicted octanol–water partition coefficient (Wildman–Crippen LogP) is 0.912. The number of nitrogens with zero attached hydrogens (tertiary/aromatic N) is 2. The van der Waals surface area contributed by atoms with Gasteiger partial charge in [-0.1, -0.05) is 18.2 Å². The van der Waals surface area contributed by atoms with Crippen molar-refractivity contribution in [2.24, 2.45) is 0 Å². The molecule has 0 aliphatic carbocycles. The molecule has 53 valence electrons. The first-order valence-corrected chi connectivity index (χ1v) is 3.04. The van der Waals surface area contributed by atoms with E-state index >= 15 is 0 Å². The number of nitriles is 1. The van der Waals surface area contributed by atoms with Gasteiger partial charge < -0.3 is 0 Å². The van der Waals surface area contributed by atoms with Crippen LogP contribution in [0.15, 0.2) is 30.3 Å². The van der Waals surface area contributed by atoms with E-state index in [-0.39, 0.29) is 0 Å². The Kier molecular flexibility index (Phi) is 2.24. The van der Waals surface area contributed by atoms with Gasteiger partial charge >= 0.3 is 0 Å². The third-order valence-corrected chi connectivity index (χ3v) is 1.17. The van der Waals surface area contributed by atoms with Gasteiger partial charge in [-0.3, -0.25) is 4.79 Å². The van der Waals surface area contributed by atoms with Crippen LogP contribution >= 0.6 is 0 Å². The first kappa shape index (κ1) is 7.29. The Morgan fingerprint density at radius 2 is 2.00 bits per heavy atom. The van der Waals surface area contributed by atoms with Crippen LogP contribution < -0.4 is 5.32 Å². The molecule has 0 fully saturated rings. The van der Waals surface area contributed by atoms with E-state index in [0.717, 1.165) is 0 Å². The smallest absolute Gasteiger partial charge is 0.266 e. The second kappa shape index (κ2) is 3.37. The van der Waals surface area contributed by atoms with Crippen molar-refractivity contribution in [2.75, 3.05) is 0 Å². The number of carbonyl (C=O) groups excluding carboxylic acids is 1. The van der Waals surface area contributed by atoms with Gasteiger partial charge in [0.05, 0.1) is 0 Å². The van der Waals surface area contributed by atoms with Crippen LogP contribution in [0.25, 0.3) is 0 Å². The van der Waals surface area contributed by atoms with Crippen molar-refractivity contribution < 1.29 is 4.79 Å². The van der Waals surface area contributed by atoms with Crippen LogP contribution in [0.4, 0.5) is 0 Å². The van der Waals surface area contributed by atoms with Gasteiger partial charge in [-0.2, -0.15) is 5.26 Å². The summed E-state index contributed by atoms with van der Waals surface area (Å²) >= 11 is 0. The van der Waals surface area contributed by atoms with E-state index < -0.39 is 5.91 Å². The number of benzene rings is 1. The Labute approximate surface area is 64.3 Å². The Morgan fingerprint density at radius 1 is 1.36 bits per heavy atom. The summed E-state index contributed by atoms with van der Waals surface area (Å²) < 4.78 is 0. The average Bonchev–Trinajstić information content (AvgIpc) is 2.07. The van der Waals surface area contributed by atoms with Gasteiger partial charge in [0, 0.05) is 5.56 Å². The topological polar surface area (TPSA) is 55.0 Å². The maximum absolute atomic E-state index is 10.9. The molecule has 11 heavy (non-hydrogen) atoms. The molecule has 1 rings (SSSR count). The highest BCUT2D eigenvalue weighted by Crippen LogP contribution is 1.97. The molecule has 1 radical (unpaired) electrons. The Bertz CT molecular complexity index is 287. The molecule has 1 aromatic rings. The molecule has 0 aliphatic heterocycles. The van der Waals surface area contributed by atoms with Gasteiger partial charge in [0.1, 0.15) is 0 Å². The van der Waals surface area contributed by atoms with E-state index in [1.54, 1.807) is 30.3 Å². The molecule has 0 saturated carbocycles. The molecule has 0 heterocycles. The first-order valence-electron chi connectivity index (χ1n) is 3.04. The third kappa shape index (κ3) is 1.80. The van der Waals surface area contributed by atoms with Crippen LogP contribution in [0.1, 0.15) is 10.4 Å². The van der Waals surface area contributed by atoms with Crippen LogP contribution in [-0.2, 0) is 0 Å². The van der Waals surface area contributed by atoms with Gasteiger partial charge in [0.2, 0.25) is 6.19 Å². The molecule has 0 saturated heterocycles. The van der Waals surface area contributed by atoms with Crippen molar-refractivity contribution in [3.63, 3.8) is 0 Å². The maximum Gasteiger partial charge on any atom is 0.287 e. The minimum atomic E-state index is -0.493. The Morgan fingerprint density at radius 3 is 2.55 bits per heavy atom. The van der Waals surface area contributed by atoms with Crippen molar-refractivity contribution in [1.29, 1.82) is 5.26 Å². The molecule has 0 bridgehead atoms. The van der Waals surface area contributed by atoms with Gasteiger partial charge in [-0.05, 0) is 12.1 Å². The van der Waals surface area contributed by atoms with Crippen LogP contribution in [0.5, 0.6) is 0 Å². The molecule has 1 amide bonds. The SMILES string of the molecule is N#C[N]C(=O)c1ccccc1. The number of hydrogen-bond acceptors (Lipinski definition) is 2. The molecular formula is C8H5N2O. The number of hydrogen-bond donors (Lipinski definition) is 0. The van der Waals surface area contributed by atoms with Crippen LogP contribution in [0.2, 0.25) is 0 Å². The number of amides is 1. The molecule has 3 nitrogen and oxygen atoms in total. The summed E-state index contributed by atoms with van der Waals surface area (Å²) in [5, 5.41) is 11.1. The fraction of sp³-hybridized carbons (Fsp3) is 0. The van der Waals surface area contributed by atoms with E-state index in [4.69, 9.17) is 5.26 Å². The van der Waals surface area contributed by atoms with E-state index in [1.165, 1.54) is 6.19 Å². The van der Waals surface area contributed by atoms with Crippen molar-refractivity contribution in [2.45, 2.75) is 0 Å². The van der Waals surface area contributed by atoms with Gasteiger partial charge in [0.15, 0.2) is 0 Å². The number of carbonyl (C=O) groups is 1. The fourth-order valence-corrected chi connectivity index (χ4v) is 0.691. The summed E-state index contributed by atoms with van der Waals surface area (Å²) in [5.41, 5.74) is 0.439. The largest absolute Gasteiger partial charge is 0.287 e. The lowest BCUT2D eigenvalue weighted by Gasteiger charge is -1.91. The van der Waals surface area contributed by atoms with Gasteiger partial charge in [-0.25, -0.2) is 0 Å². The molecule has 0 atom stereocenters. The van der Waals surface area contributed by atoms with Crippen molar-refractivity contribution >= 4 is 5.91 Å². The molecular weight excluding hydrogens is 140 g/mol. The zero-order valence-corrected chi connectivity index (χ0v) is 5.69. The normalized spacial score (nSPS) is 8.27. The minimum absolute atomic E-state index is 0.439. The van der Waals surface area contributed by atoms with Crippen LogP contribution in [-0.4, -0.2) is 5.91 Å². The quantitative estimate of drug-likeness (QED) is 0.551. The molecule has 3 heteroatoms. The lowest BCUT2D eigenvalue weighted by molar-refractivity contribution is 0.0969. The first-order chi connectivity index (χ1) is 5.34. The van der Waals surface area contributed by atoms with Crippen molar-refractivity contribution in [3.05, 3.63) is 35.9 Å². The monoisotopic (exact) mass is 145 g/mol. The van der Waals surface area contributed by atoms with Gasteiger partial charge in [-0.15, -0.1) is 5.32 Å². The summed E-state index contributed by atoms with van der Waals surface area (Å²) in [6.45, 7) is 0. The highest BCUT2D eigenvalue weighted by Gasteiger charge is 2.03. The fourth-order valence-electron chi connectivity index (χ4n) is 0.691. The molecule has 0 spiro atoms. The predicted molar refractivity (Wildman–Crippen MR) is 38.5 cm³/mol. The minimum Gasteiger partial charge on any atom is -0.266 e. The molecule has 0 unspecified atom stereocenters. The summed E-state index contributed by atoms with van der Waals surface area (Å²) in [6, 6.07) is 8.47. The van der Waals surface area contributed by atoms with Crippen molar-refractivity contribution in [3.8, 4) is 6.19 Å². The lowest BCUT2D eigenvalue weighted by Crippen LogP contribution is -2.09. The molecule has 0 aliphatic rings. The van der Waals surface area contributed by atoms with E-state index in [0.29, 0.717) is 5.56 Å². The second-order valence-corrected chi connectivity index (χ2v) is 1.88. The molecule has 0 N–H and O–H groups in total.